The third-order valence-electron chi connectivity index (χ3n) is 2.95. The maximum Gasteiger partial charge on any atom is 0.0692 e. The van der Waals surface area contributed by atoms with Gasteiger partial charge >= 0.3 is 0 Å². The summed E-state index contributed by atoms with van der Waals surface area (Å²) >= 11 is 0. The van der Waals surface area contributed by atoms with Crippen LogP contribution in [0.3, 0.4) is 0 Å². The summed E-state index contributed by atoms with van der Waals surface area (Å²) in [6.45, 7) is 9.13. The first-order valence-corrected chi connectivity index (χ1v) is 4.96. The van der Waals surface area contributed by atoms with E-state index in [1.807, 2.05) is 20.8 Å². The maximum absolute atomic E-state index is 9.44. The minimum atomic E-state index is -0.208. The monoisotopic (exact) mass is 173 g/mol. The molecule has 0 aromatic carbocycles. The zero-order chi connectivity index (χ0) is 9.78. The van der Waals surface area contributed by atoms with Gasteiger partial charge in [0.2, 0.25) is 0 Å². The van der Waals surface area contributed by atoms with Crippen molar-refractivity contribution in [3.63, 3.8) is 0 Å². The van der Waals surface area contributed by atoms with Gasteiger partial charge in [-0.05, 0) is 40.3 Å². The highest BCUT2D eigenvalue weighted by Gasteiger charge is 2.37. The first-order valence-electron chi connectivity index (χ1n) is 4.96. The third kappa shape index (κ3) is 2.20. The first kappa shape index (κ1) is 11.9. The predicted octanol–water partition coefficient (Wildman–Crippen LogP) is 1.88. The molecule has 0 radical (unpaired) electrons. The second-order valence-corrected chi connectivity index (χ2v) is 3.56. The van der Waals surface area contributed by atoms with Gasteiger partial charge in [-0.15, -0.1) is 0 Å². The maximum atomic E-state index is 9.44. The zero-order valence-electron chi connectivity index (χ0n) is 9.09. The lowest BCUT2D eigenvalue weighted by Crippen LogP contribution is -2.47. The van der Waals surface area contributed by atoms with Gasteiger partial charge in [0.1, 0.15) is 0 Å². The fourth-order valence-electron chi connectivity index (χ4n) is 1.65. The Morgan fingerprint density at radius 3 is 2.08 bits per heavy atom. The van der Waals surface area contributed by atoms with E-state index in [0.717, 1.165) is 13.0 Å². The molecule has 0 aliphatic carbocycles. The van der Waals surface area contributed by atoms with E-state index in [-0.39, 0.29) is 11.6 Å². The molecule has 1 aliphatic heterocycles. The van der Waals surface area contributed by atoms with Crippen LogP contribution < -0.4 is 0 Å². The molecule has 0 bridgehead atoms. The summed E-state index contributed by atoms with van der Waals surface area (Å²) in [6, 6.07) is 0. The summed E-state index contributed by atoms with van der Waals surface area (Å²) in [4.78, 5) is 2.25. The van der Waals surface area contributed by atoms with Gasteiger partial charge in [0.05, 0.1) is 6.10 Å². The number of likely N-dealkylation sites (N-methyl/N-ethyl adjacent to an activating group) is 1. The minimum absolute atomic E-state index is 0.0417. The zero-order valence-corrected chi connectivity index (χ0v) is 9.09. The number of likely N-dealkylation sites (tertiary alicyclic amines) is 1. The van der Waals surface area contributed by atoms with Gasteiger partial charge in [-0.25, -0.2) is 0 Å². The predicted molar refractivity (Wildman–Crippen MR) is 53.3 cm³/mol. The normalized spacial score (nSPS) is 32.5. The number of hydrogen-bond acceptors (Lipinski definition) is 2. The molecule has 0 aromatic heterocycles. The van der Waals surface area contributed by atoms with Crippen LogP contribution in [0.15, 0.2) is 0 Å². The third-order valence-corrected chi connectivity index (χ3v) is 2.95. The highest BCUT2D eigenvalue weighted by molar-refractivity contribution is 4.93. The summed E-state index contributed by atoms with van der Waals surface area (Å²) in [5, 5.41) is 9.44. The Morgan fingerprint density at radius 1 is 1.42 bits per heavy atom. The first-order chi connectivity index (χ1) is 5.57. The lowest BCUT2D eigenvalue weighted by molar-refractivity contribution is 0.0300. The molecule has 1 N–H and O–H groups in total. The van der Waals surface area contributed by atoms with Gasteiger partial charge in [-0.2, -0.15) is 0 Å². The molecule has 1 heterocycles. The minimum Gasteiger partial charge on any atom is -0.391 e. The van der Waals surface area contributed by atoms with Crippen LogP contribution in [0.1, 0.15) is 40.5 Å². The lowest BCUT2D eigenvalue weighted by Gasteiger charge is -2.34. The molecule has 74 valence electrons. The summed E-state index contributed by atoms with van der Waals surface area (Å²) in [5.41, 5.74) is 0.0417. The van der Waals surface area contributed by atoms with E-state index < -0.39 is 0 Å². The van der Waals surface area contributed by atoms with Crippen molar-refractivity contribution >= 4 is 0 Å². The average molecular weight is 173 g/mol. The number of aliphatic hydroxyl groups excluding tert-OH is 1. The molecule has 0 unspecified atom stereocenters. The SMILES string of the molecule is CC.C[C@H](O)[C@]1(C)CCCN1C. The van der Waals surface area contributed by atoms with E-state index in [1.54, 1.807) is 0 Å². The number of nitrogens with zero attached hydrogens (tertiary/aromatic N) is 1. The van der Waals surface area contributed by atoms with E-state index in [9.17, 15) is 5.11 Å². The molecule has 12 heavy (non-hydrogen) atoms. The van der Waals surface area contributed by atoms with Gasteiger partial charge < -0.3 is 5.11 Å². The van der Waals surface area contributed by atoms with Crippen molar-refractivity contribution in [3.05, 3.63) is 0 Å². The molecule has 2 atom stereocenters. The molecule has 0 saturated carbocycles. The Kier molecular flexibility index (Phi) is 4.80. The lowest BCUT2D eigenvalue weighted by atomic mass is 9.93. The van der Waals surface area contributed by atoms with Crippen LogP contribution in [-0.2, 0) is 0 Å². The topological polar surface area (TPSA) is 23.5 Å². The van der Waals surface area contributed by atoms with Crippen LogP contribution in [0.2, 0.25) is 0 Å². The number of hydrogen-bond donors (Lipinski definition) is 1. The van der Waals surface area contributed by atoms with Gasteiger partial charge in [-0.1, -0.05) is 13.8 Å². The largest absolute Gasteiger partial charge is 0.391 e. The van der Waals surface area contributed by atoms with E-state index in [4.69, 9.17) is 0 Å². The highest BCUT2D eigenvalue weighted by Crippen LogP contribution is 2.29. The molecular formula is C10H23NO. The summed E-state index contributed by atoms with van der Waals surface area (Å²) < 4.78 is 0. The molecule has 2 heteroatoms. The van der Waals surface area contributed by atoms with Crippen molar-refractivity contribution in [2.75, 3.05) is 13.6 Å². The van der Waals surface area contributed by atoms with Crippen LogP contribution in [0.5, 0.6) is 0 Å². The van der Waals surface area contributed by atoms with Crippen molar-refractivity contribution in [2.45, 2.75) is 52.2 Å². The molecule has 0 aromatic rings. The van der Waals surface area contributed by atoms with Gasteiger partial charge in [0, 0.05) is 5.54 Å². The van der Waals surface area contributed by atoms with E-state index in [0.29, 0.717) is 0 Å². The standard InChI is InChI=1S/C8H17NO.C2H6/c1-7(10)8(2)5-4-6-9(8)3;1-2/h7,10H,4-6H2,1-3H3;1-2H3/t7-,8-;/m0./s1. The number of aliphatic hydroxyl groups is 1. The van der Waals surface area contributed by atoms with Crippen molar-refractivity contribution in [2.24, 2.45) is 0 Å². The Hall–Kier alpha value is -0.0800. The fourth-order valence-corrected chi connectivity index (χ4v) is 1.65. The van der Waals surface area contributed by atoms with Crippen LogP contribution >= 0.6 is 0 Å². The smallest absolute Gasteiger partial charge is 0.0692 e. The summed E-state index contributed by atoms with van der Waals surface area (Å²) in [7, 11) is 2.08. The average Bonchev–Trinajstić information content (AvgIpc) is 2.38. The molecule has 0 amide bonds. The van der Waals surface area contributed by atoms with Crippen molar-refractivity contribution in [1.29, 1.82) is 0 Å². The van der Waals surface area contributed by atoms with Gasteiger partial charge in [-0.3, -0.25) is 4.90 Å². The Balaban J connectivity index is 0.000000561. The molecular weight excluding hydrogens is 150 g/mol. The van der Waals surface area contributed by atoms with Crippen molar-refractivity contribution in [3.8, 4) is 0 Å². The second kappa shape index (κ2) is 4.83. The van der Waals surface area contributed by atoms with Gasteiger partial charge in [0.25, 0.3) is 0 Å². The molecule has 1 rings (SSSR count). The van der Waals surface area contributed by atoms with E-state index in [2.05, 4.69) is 18.9 Å². The van der Waals surface area contributed by atoms with Crippen molar-refractivity contribution < 1.29 is 5.11 Å². The quantitative estimate of drug-likeness (QED) is 0.654. The van der Waals surface area contributed by atoms with Crippen LogP contribution in [-0.4, -0.2) is 35.2 Å². The molecule has 1 fully saturated rings. The van der Waals surface area contributed by atoms with Crippen molar-refractivity contribution in [1.82, 2.24) is 4.90 Å². The van der Waals surface area contributed by atoms with E-state index in [1.165, 1.54) is 6.42 Å². The van der Waals surface area contributed by atoms with Crippen LogP contribution in [0, 0.1) is 0 Å². The van der Waals surface area contributed by atoms with E-state index >= 15 is 0 Å². The van der Waals surface area contributed by atoms with Gasteiger partial charge in [0.15, 0.2) is 0 Å². The van der Waals surface area contributed by atoms with Crippen LogP contribution in [0.25, 0.3) is 0 Å². The van der Waals surface area contributed by atoms with Crippen LogP contribution in [0.4, 0.5) is 0 Å². The molecule has 1 aliphatic rings. The Morgan fingerprint density at radius 2 is 1.92 bits per heavy atom. The number of rotatable bonds is 1. The second-order valence-electron chi connectivity index (χ2n) is 3.56. The molecule has 0 spiro atoms. The highest BCUT2D eigenvalue weighted by atomic mass is 16.3. The Labute approximate surface area is 76.6 Å². The molecule has 2 nitrogen and oxygen atoms in total. The molecule has 1 saturated heterocycles. The summed E-state index contributed by atoms with van der Waals surface area (Å²) in [5.74, 6) is 0. The fraction of sp³-hybridized carbons (Fsp3) is 1.00. The summed E-state index contributed by atoms with van der Waals surface area (Å²) in [6.07, 6.45) is 2.14. The Bertz CT molecular complexity index is 125.